The molecule has 0 spiro atoms. The predicted molar refractivity (Wildman–Crippen MR) is 86.8 cm³/mol. The number of hydrogen-bond acceptors (Lipinski definition) is 0. The van der Waals surface area contributed by atoms with E-state index in [4.69, 9.17) is 0 Å². The highest BCUT2D eigenvalue weighted by atomic mass is 19.1. The van der Waals surface area contributed by atoms with Crippen molar-refractivity contribution in [3.63, 3.8) is 0 Å². The number of halogens is 1. The fourth-order valence-corrected chi connectivity index (χ4v) is 2.95. The summed E-state index contributed by atoms with van der Waals surface area (Å²) in [6.07, 6.45) is 0. The molecule has 0 aliphatic carbocycles. The van der Waals surface area contributed by atoms with E-state index < -0.39 is 0 Å². The molecule has 21 heavy (non-hydrogen) atoms. The zero-order valence-corrected chi connectivity index (χ0v) is 11.4. The molecule has 4 aromatic carbocycles. The SMILES string of the molecule is Fc1ccc2c(-c3cccc4ccccc34)cccc2c1. The van der Waals surface area contributed by atoms with Gasteiger partial charge in [-0.2, -0.15) is 0 Å². The lowest BCUT2D eigenvalue weighted by atomic mass is 9.94. The highest BCUT2D eigenvalue weighted by Gasteiger charge is 2.07. The molecule has 0 bridgehead atoms. The third-order valence-corrected chi connectivity index (χ3v) is 3.92. The highest BCUT2D eigenvalue weighted by molar-refractivity contribution is 6.05. The van der Waals surface area contributed by atoms with E-state index in [1.165, 1.54) is 22.4 Å². The Hall–Kier alpha value is -2.67. The van der Waals surface area contributed by atoms with Crippen molar-refractivity contribution in [3.05, 3.63) is 84.7 Å². The van der Waals surface area contributed by atoms with Crippen LogP contribution in [0, 0.1) is 5.82 Å². The number of hydrogen-bond donors (Lipinski definition) is 0. The van der Waals surface area contributed by atoms with Gasteiger partial charge in [-0.15, -0.1) is 0 Å². The van der Waals surface area contributed by atoms with Gasteiger partial charge in [0.15, 0.2) is 0 Å². The zero-order valence-electron chi connectivity index (χ0n) is 11.4. The van der Waals surface area contributed by atoms with Crippen LogP contribution in [0.15, 0.2) is 78.9 Å². The van der Waals surface area contributed by atoms with Gasteiger partial charge in [0.1, 0.15) is 5.82 Å². The van der Waals surface area contributed by atoms with Crippen LogP contribution in [0.1, 0.15) is 0 Å². The summed E-state index contributed by atoms with van der Waals surface area (Å²) in [4.78, 5) is 0. The molecule has 0 aliphatic heterocycles. The molecule has 0 aliphatic rings. The third-order valence-electron chi connectivity index (χ3n) is 3.92. The van der Waals surface area contributed by atoms with Gasteiger partial charge in [-0.3, -0.25) is 0 Å². The van der Waals surface area contributed by atoms with Crippen LogP contribution in [0.2, 0.25) is 0 Å². The molecule has 0 atom stereocenters. The first-order valence-corrected chi connectivity index (χ1v) is 6.99. The van der Waals surface area contributed by atoms with Crippen molar-refractivity contribution in [2.24, 2.45) is 0 Å². The van der Waals surface area contributed by atoms with Gasteiger partial charge in [-0.25, -0.2) is 4.39 Å². The summed E-state index contributed by atoms with van der Waals surface area (Å²) >= 11 is 0. The van der Waals surface area contributed by atoms with Crippen LogP contribution in [0.25, 0.3) is 32.7 Å². The van der Waals surface area contributed by atoms with Gasteiger partial charge in [-0.1, -0.05) is 66.7 Å². The fraction of sp³-hybridized carbons (Fsp3) is 0. The van der Waals surface area contributed by atoms with Crippen LogP contribution in [0.4, 0.5) is 4.39 Å². The normalized spacial score (nSPS) is 11.1. The van der Waals surface area contributed by atoms with Crippen molar-refractivity contribution in [1.29, 1.82) is 0 Å². The Balaban J connectivity index is 2.09. The Kier molecular flexibility index (Phi) is 2.71. The molecule has 0 heterocycles. The number of rotatable bonds is 1. The summed E-state index contributed by atoms with van der Waals surface area (Å²) in [5.74, 6) is -0.197. The molecule has 0 N–H and O–H groups in total. The zero-order chi connectivity index (χ0) is 14.2. The van der Waals surface area contributed by atoms with E-state index in [1.54, 1.807) is 6.07 Å². The Labute approximate surface area is 122 Å². The summed E-state index contributed by atoms with van der Waals surface area (Å²) in [7, 11) is 0. The Morgan fingerprint density at radius 3 is 1.95 bits per heavy atom. The van der Waals surface area contributed by atoms with Crippen molar-refractivity contribution in [1.82, 2.24) is 0 Å². The topological polar surface area (TPSA) is 0 Å². The molecule has 0 saturated carbocycles. The minimum atomic E-state index is -0.197. The molecule has 0 aromatic heterocycles. The third kappa shape index (κ3) is 1.98. The molecule has 0 unspecified atom stereocenters. The monoisotopic (exact) mass is 272 g/mol. The lowest BCUT2D eigenvalue weighted by Gasteiger charge is -2.10. The standard InChI is InChI=1S/C20H13F/c21-16-11-12-18-15(13-16)7-4-10-20(18)19-9-3-6-14-5-1-2-8-17(14)19/h1-13H. The molecular formula is C20H13F. The highest BCUT2D eigenvalue weighted by Crippen LogP contribution is 2.33. The summed E-state index contributed by atoms with van der Waals surface area (Å²) in [6.45, 7) is 0. The van der Waals surface area contributed by atoms with E-state index in [1.807, 2.05) is 24.3 Å². The van der Waals surface area contributed by atoms with E-state index in [0.29, 0.717) is 0 Å². The second-order valence-corrected chi connectivity index (χ2v) is 5.20. The van der Waals surface area contributed by atoms with E-state index in [-0.39, 0.29) is 5.82 Å². The summed E-state index contributed by atoms with van der Waals surface area (Å²) in [5.41, 5.74) is 2.33. The van der Waals surface area contributed by atoms with Crippen molar-refractivity contribution < 1.29 is 4.39 Å². The first-order valence-electron chi connectivity index (χ1n) is 6.99. The Morgan fingerprint density at radius 2 is 1.14 bits per heavy atom. The second-order valence-electron chi connectivity index (χ2n) is 5.20. The first-order chi connectivity index (χ1) is 10.3. The number of benzene rings is 4. The lowest BCUT2D eigenvalue weighted by molar-refractivity contribution is 0.630. The number of fused-ring (bicyclic) bond motifs is 2. The van der Waals surface area contributed by atoms with Crippen LogP contribution in [0.5, 0.6) is 0 Å². The molecule has 0 nitrogen and oxygen atoms in total. The maximum absolute atomic E-state index is 13.4. The average Bonchev–Trinajstić information content (AvgIpc) is 2.53. The van der Waals surface area contributed by atoms with Crippen LogP contribution in [-0.2, 0) is 0 Å². The van der Waals surface area contributed by atoms with Gasteiger partial charge >= 0.3 is 0 Å². The van der Waals surface area contributed by atoms with Gasteiger partial charge in [0.2, 0.25) is 0 Å². The molecule has 4 rings (SSSR count). The quantitative estimate of drug-likeness (QED) is 0.411. The maximum Gasteiger partial charge on any atom is 0.123 e. The fourth-order valence-electron chi connectivity index (χ4n) is 2.95. The minimum Gasteiger partial charge on any atom is -0.207 e. The van der Waals surface area contributed by atoms with E-state index in [9.17, 15) is 4.39 Å². The Morgan fingerprint density at radius 1 is 0.524 bits per heavy atom. The van der Waals surface area contributed by atoms with Crippen LogP contribution < -0.4 is 0 Å². The van der Waals surface area contributed by atoms with E-state index in [2.05, 4.69) is 42.5 Å². The minimum absolute atomic E-state index is 0.197. The van der Waals surface area contributed by atoms with Crippen molar-refractivity contribution in [3.8, 4) is 11.1 Å². The van der Waals surface area contributed by atoms with Gasteiger partial charge in [0, 0.05) is 0 Å². The molecule has 0 amide bonds. The summed E-state index contributed by atoms with van der Waals surface area (Å²) < 4.78 is 13.4. The maximum atomic E-state index is 13.4. The van der Waals surface area contributed by atoms with Crippen LogP contribution in [0.3, 0.4) is 0 Å². The molecule has 4 aromatic rings. The first kappa shape index (κ1) is 12.1. The molecule has 0 radical (unpaired) electrons. The molecule has 0 saturated heterocycles. The molecule has 100 valence electrons. The van der Waals surface area contributed by atoms with Gasteiger partial charge in [0.25, 0.3) is 0 Å². The van der Waals surface area contributed by atoms with Crippen molar-refractivity contribution >= 4 is 21.5 Å². The van der Waals surface area contributed by atoms with Gasteiger partial charge in [-0.05, 0) is 44.8 Å². The van der Waals surface area contributed by atoms with E-state index >= 15 is 0 Å². The molecule has 0 fully saturated rings. The van der Waals surface area contributed by atoms with Gasteiger partial charge in [0.05, 0.1) is 0 Å². The van der Waals surface area contributed by atoms with Crippen LogP contribution in [-0.4, -0.2) is 0 Å². The van der Waals surface area contributed by atoms with Gasteiger partial charge < -0.3 is 0 Å². The van der Waals surface area contributed by atoms with Crippen molar-refractivity contribution in [2.75, 3.05) is 0 Å². The summed E-state index contributed by atoms with van der Waals surface area (Å²) in [6, 6.07) is 25.7. The molecular weight excluding hydrogens is 259 g/mol. The smallest absolute Gasteiger partial charge is 0.123 e. The Bertz CT molecular complexity index is 949. The van der Waals surface area contributed by atoms with E-state index in [0.717, 1.165) is 16.3 Å². The predicted octanol–water partition coefficient (Wildman–Crippen LogP) is 5.80. The van der Waals surface area contributed by atoms with Crippen LogP contribution >= 0.6 is 0 Å². The average molecular weight is 272 g/mol. The summed E-state index contributed by atoms with van der Waals surface area (Å²) in [5, 5.41) is 4.45. The second kappa shape index (κ2) is 4.71. The lowest BCUT2D eigenvalue weighted by Crippen LogP contribution is -1.84. The van der Waals surface area contributed by atoms with Crippen molar-refractivity contribution in [2.45, 2.75) is 0 Å². The molecule has 1 heteroatoms. The largest absolute Gasteiger partial charge is 0.207 e.